The van der Waals surface area contributed by atoms with Gasteiger partial charge in [-0.05, 0) is 30.8 Å². The van der Waals surface area contributed by atoms with Gasteiger partial charge in [0.2, 0.25) is 0 Å². The molecule has 0 spiro atoms. The zero-order valence-corrected chi connectivity index (χ0v) is 11.7. The van der Waals surface area contributed by atoms with Crippen LogP contribution < -0.4 is 0 Å². The Bertz CT molecular complexity index is 780. The van der Waals surface area contributed by atoms with Crippen LogP contribution >= 0.6 is 12.2 Å². The van der Waals surface area contributed by atoms with Crippen LogP contribution in [0.25, 0.3) is 11.0 Å². The second-order valence-electron chi connectivity index (χ2n) is 4.66. The quantitative estimate of drug-likeness (QED) is 0.745. The molecule has 98 valence electrons. The molecule has 0 radical (unpaired) electrons. The second-order valence-corrected chi connectivity index (χ2v) is 5.05. The van der Waals surface area contributed by atoms with E-state index in [4.69, 9.17) is 12.2 Å². The predicted octanol–water partition coefficient (Wildman–Crippen LogP) is 2.38. The molecule has 0 fully saturated rings. The van der Waals surface area contributed by atoms with E-state index in [0.717, 1.165) is 29.1 Å². The van der Waals surface area contributed by atoms with E-state index in [9.17, 15) is 0 Å². The van der Waals surface area contributed by atoms with E-state index in [0.29, 0.717) is 0 Å². The van der Waals surface area contributed by atoms with Gasteiger partial charge in [0.25, 0.3) is 0 Å². The fraction of sp³-hybridized carbons (Fsp3) is 0.308. The molecule has 1 N–H and O–H groups in total. The van der Waals surface area contributed by atoms with E-state index in [-0.39, 0.29) is 0 Å². The summed E-state index contributed by atoms with van der Waals surface area (Å²) >= 11 is 5.40. The number of aromatic amines is 1. The molecule has 2 aromatic heterocycles. The molecule has 6 heteroatoms. The van der Waals surface area contributed by atoms with Crippen LogP contribution in [0.15, 0.2) is 24.5 Å². The number of imidazole rings is 1. The van der Waals surface area contributed by atoms with E-state index in [2.05, 4.69) is 38.8 Å². The van der Waals surface area contributed by atoms with E-state index in [1.807, 2.05) is 17.7 Å². The number of H-pyrrole nitrogens is 1. The molecular weight excluding hydrogens is 258 g/mol. The average Bonchev–Trinajstić information content (AvgIpc) is 2.91. The standard InChI is InChI=1S/C13H15N5S/c1-9-4-3-5-10-12(9)18(13(19)15-10)7-6-11-16-14-8-17(11)2/h3-5,8H,6-7H2,1-2H3,(H,15,19). The lowest BCUT2D eigenvalue weighted by Gasteiger charge is -2.06. The van der Waals surface area contributed by atoms with Gasteiger partial charge in [-0.2, -0.15) is 0 Å². The van der Waals surface area contributed by atoms with Crippen molar-refractivity contribution in [2.24, 2.45) is 7.05 Å². The van der Waals surface area contributed by atoms with Gasteiger partial charge in [-0.1, -0.05) is 12.1 Å². The molecule has 19 heavy (non-hydrogen) atoms. The molecule has 2 heterocycles. The number of benzene rings is 1. The zero-order valence-electron chi connectivity index (χ0n) is 10.9. The number of para-hydroxylation sites is 1. The molecule has 0 unspecified atom stereocenters. The SMILES string of the molecule is Cc1cccc2[nH]c(=S)n(CCc3nncn3C)c12. The molecule has 1 aromatic carbocycles. The van der Waals surface area contributed by atoms with Gasteiger partial charge in [-0.3, -0.25) is 0 Å². The lowest BCUT2D eigenvalue weighted by atomic mass is 10.2. The van der Waals surface area contributed by atoms with Crippen LogP contribution in [-0.4, -0.2) is 24.3 Å². The zero-order chi connectivity index (χ0) is 13.4. The van der Waals surface area contributed by atoms with Crippen molar-refractivity contribution < 1.29 is 0 Å². The molecule has 3 aromatic rings. The van der Waals surface area contributed by atoms with Gasteiger partial charge in [-0.25, -0.2) is 0 Å². The molecule has 0 saturated heterocycles. The van der Waals surface area contributed by atoms with Crippen LogP contribution in [-0.2, 0) is 20.0 Å². The third-order valence-electron chi connectivity index (χ3n) is 3.36. The monoisotopic (exact) mass is 273 g/mol. The number of hydrogen-bond acceptors (Lipinski definition) is 3. The van der Waals surface area contributed by atoms with E-state index < -0.39 is 0 Å². The molecular formula is C13H15N5S. The Labute approximate surface area is 115 Å². The van der Waals surface area contributed by atoms with Crippen molar-refractivity contribution in [3.63, 3.8) is 0 Å². The maximum atomic E-state index is 5.40. The highest BCUT2D eigenvalue weighted by atomic mass is 32.1. The highest BCUT2D eigenvalue weighted by molar-refractivity contribution is 7.71. The second kappa shape index (κ2) is 4.62. The first kappa shape index (κ1) is 12.1. The molecule has 3 rings (SSSR count). The van der Waals surface area contributed by atoms with Crippen LogP contribution in [0.5, 0.6) is 0 Å². The number of fused-ring (bicyclic) bond motifs is 1. The third-order valence-corrected chi connectivity index (χ3v) is 3.68. The van der Waals surface area contributed by atoms with Gasteiger partial charge in [-0.15, -0.1) is 10.2 Å². The summed E-state index contributed by atoms with van der Waals surface area (Å²) in [5.74, 6) is 0.963. The summed E-state index contributed by atoms with van der Waals surface area (Å²) in [5, 5.41) is 8.00. The van der Waals surface area contributed by atoms with Gasteiger partial charge in [0.05, 0.1) is 11.0 Å². The number of aryl methyl sites for hydroxylation is 4. The number of nitrogens with zero attached hydrogens (tertiary/aromatic N) is 4. The van der Waals surface area contributed by atoms with Gasteiger partial charge in [0.1, 0.15) is 12.2 Å². The molecule has 0 aliphatic heterocycles. The number of aromatic nitrogens is 5. The Morgan fingerprint density at radius 3 is 2.95 bits per heavy atom. The maximum Gasteiger partial charge on any atom is 0.178 e. The van der Waals surface area contributed by atoms with Crippen molar-refractivity contribution in [2.45, 2.75) is 19.9 Å². The Morgan fingerprint density at radius 2 is 2.21 bits per heavy atom. The molecule has 0 saturated carbocycles. The largest absolute Gasteiger partial charge is 0.331 e. The predicted molar refractivity (Wildman–Crippen MR) is 76.6 cm³/mol. The molecule has 5 nitrogen and oxygen atoms in total. The lowest BCUT2D eigenvalue weighted by Crippen LogP contribution is -2.06. The van der Waals surface area contributed by atoms with Crippen molar-refractivity contribution in [1.29, 1.82) is 0 Å². The topological polar surface area (TPSA) is 51.4 Å². The Kier molecular flexibility index (Phi) is 2.94. The Hall–Kier alpha value is -1.95. The van der Waals surface area contributed by atoms with Crippen LogP contribution in [0.2, 0.25) is 0 Å². The van der Waals surface area contributed by atoms with Gasteiger partial charge < -0.3 is 14.1 Å². The fourth-order valence-electron chi connectivity index (χ4n) is 2.36. The highest BCUT2D eigenvalue weighted by Crippen LogP contribution is 2.18. The van der Waals surface area contributed by atoms with Crippen LogP contribution in [0.3, 0.4) is 0 Å². The first-order chi connectivity index (χ1) is 9.16. The molecule has 0 aliphatic rings. The molecule has 0 aliphatic carbocycles. The number of rotatable bonds is 3. The minimum atomic E-state index is 0.756. The maximum absolute atomic E-state index is 5.40. The van der Waals surface area contributed by atoms with Crippen molar-refractivity contribution in [3.05, 3.63) is 40.7 Å². The van der Waals surface area contributed by atoms with Crippen molar-refractivity contribution in [1.82, 2.24) is 24.3 Å². The first-order valence-corrected chi connectivity index (χ1v) is 6.58. The van der Waals surface area contributed by atoms with Crippen molar-refractivity contribution >= 4 is 23.3 Å². The summed E-state index contributed by atoms with van der Waals surface area (Å²) in [6, 6.07) is 6.19. The number of nitrogens with one attached hydrogen (secondary N) is 1. The highest BCUT2D eigenvalue weighted by Gasteiger charge is 2.08. The summed E-state index contributed by atoms with van der Waals surface area (Å²) < 4.78 is 4.83. The van der Waals surface area contributed by atoms with Gasteiger partial charge in [0, 0.05) is 20.0 Å². The third kappa shape index (κ3) is 2.08. The van der Waals surface area contributed by atoms with Crippen LogP contribution in [0.4, 0.5) is 0 Å². The first-order valence-electron chi connectivity index (χ1n) is 6.18. The van der Waals surface area contributed by atoms with Crippen LogP contribution in [0.1, 0.15) is 11.4 Å². The minimum Gasteiger partial charge on any atom is -0.331 e. The minimum absolute atomic E-state index is 0.756. The normalized spacial score (nSPS) is 11.3. The van der Waals surface area contributed by atoms with E-state index >= 15 is 0 Å². The van der Waals surface area contributed by atoms with Crippen LogP contribution in [0, 0.1) is 11.7 Å². The van der Waals surface area contributed by atoms with Crippen molar-refractivity contribution in [2.75, 3.05) is 0 Å². The van der Waals surface area contributed by atoms with Gasteiger partial charge >= 0.3 is 0 Å². The summed E-state index contributed by atoms with van der Waals surface area (Å²) in [6.07, 6.45) is 2.53. The summed E-state index contributed by atoms with van der Waals surface area (Å²) in [5.41, 5.74) is 3.49. The number of hydrogen-bond donors (Lipinski definition) is 1. The Morgan fingerprint density at radius 1 is 1.37 bits per heavy atom. The smallest absolute Gasteiger partial charge is 0.178 e. The molecule has 0 bridgehead atoms. The Balaban J connectivity index is 1.99. The van der Waals surface area contributed by atoms with Crippen molar-refractivity contribution in [3.8, 4) is 0 Å². The van der Waals surface area contributed by atoms with Gasteiger partial charge in [0.15, 0.2) is 4.77 Å². The summed E-state index contributed by atoms with van der Waals surface area (Å²) in [6.45, 7) is 2.90. The summed E-state index contributed by atoms with van der Waals surface area (Å²) in [4.78, 5) is 3.25. The lowest BCUT2D eigenvalue weighted by molar-refractivity contribution is 0.655. The average molecular weight is 273 g/mol. The van der Waals surface area contributed by atoms with E-state index in [1.54, 1.807) is 6.33 Å². The molecule has 0 amide bonds. The summed E-state index contributed by atoms with van der Waals surface area (Å²) in [7, 11) is 1.95. The van der Waals surface area contributed by atoms with E-state index in [1.165, 1.54) is 11.1 Å². The molecule has 0 atom stereocenters. The fourth-order valence-corrected chi connectivity index (χ4v) is 2.65.